The van der Waals surface area contributed by atoms with Crippen molar-refractivity contribution in [1.82, 2.24) is 15.4 Å². The van der Waals surface area contributed by atoms with E-state index in [1.165, 1.54) is 10.4 Å². The normalized spacial score (nSPS) is 13.6. The first-order valence-electron chi connectivity index (χ1n) is 8.25. The fourth-order valence-electron chi connectivity index (χ4n) is 2.90. The first-order valence-corrected chi connectivity index (χ1v) is 9.50. The van der Waals surface area contributed by atoms with Gasteiger partial charge in [0.25, 0.3) is 0 Å². The van der Waals surface area contributed by atoms with Gasteiger partial charge in [0.15, 0.2) is 0 Å². The molecule has 134 valence electrons. The Bertz CT molecular complexity index is 752. The zero-order valence-corrected chi connectivity index (χ0v) is 15.6. The number of nitrogens with one attached hydrogen (secondary N) is 1. The van der Waals surface area contributed by atoms with Gasteiger partial charge < -0.3 is 14.7 Å². The summed E-state index contributed by atoms with van der Waals surface area (Å²) >= 11 is 7.63. The van der Waals surface area contributed by atoms with E-state index in [2.05, 4.69) is 21.9 Å². The maximum atomic E-state index is 12.3. The maximum Gasteiger partial charge on any atom is 0.229 e. The summed E-state index contributed by atoms with van der Waals surface area (Å²) in [6, 6.07) is 2.08. The molecule has 0 bridgehead atoms. The van der Waals surface area contributed by atoms with Gasteiger partial charge in [-0.05, 0) is 48.4 Å². The molecule has 1 aliphatic heterocycles. The molecule has 0 radical (unpaired) electrons. The van der Waals surface area contributed by atoms with Crippen LogP contribution < -0.4 is 5.32 Å². The van der Waals surface area contributed by atoms with Crippen LogP contribution in [-0.4, -0.2) is 35.0 Å². The second-order valence-electron chi connectivity index (χ2n) is 6.05. The van der Waals surface area contributed by atoms with Crippen LogP contribution in [0, 0.1) is 6.92 Å². The van der Waals surface area contributed by atoms with Gasteiger partial charge in [0.05, 0.1) is 5.69 Å². The van der Waals surface area contributed by atoms with Crippen molar-refractivity contribution in [2.45, 2.75) is 39.2 Å². The van der Waals surface area contributed by atoms with Crippen molar-refractivity contribution in [1.29, 1.82) is 0 Å². The van der Waals surface area contributed by atoms with Crippen molar-refractivity contribution in [3.63, 3.8) is 0 Å². The molecule has 0 saturated heterocycles. The molecular formula is C17H20ClN3O3S. The molecule has 0 spiro atoms. The zero-order chi connectivity index (χ0) is 17.8. The highest BCUT2D eigenvalue weighted by Crippen LogP contribution is 2.24. The maximum absolute atomic E-state index is 12.3. The standard InChI is InChI=1S/C17H20ClN3O3S/c1-11-13(17(18)24-20-11)2-3-15(22)19-7-4-16(23)21-8-5-14-12(10-21)6-9-25-14/h6,9H,2-5,7-8,10H2,1H3,(H,19,22). The average molecular weight is 382 g/mol. The zero-order valence-electron chi connectivity index (χ0n) is 14.0. The van der Waals surface area contributed by atoms with Crippen molar-refractivity contribution in [2.24, 2.45) is 0 Å². The van der Waals surface area contributed by atoms with Crippen LogP contribution in [0.15, 0.2) is 16.0 Å². The molecule has 0 aliphatic carbocycles. The summed E-state index contributed by atoms with van der Waals surface area (Å²) in [5.41, 5.74) is 2.70. The largest absolute Gasteiger partial charge is 0.356 e. The molecule has 1 aliphatic rings. The number of halogens is 1. The SMILES string of the molecule is Cc1noc(Cl)c1CCC(=O)NCCC(=O)N1CCc2sccc2C1. The van der Waals surface area contributed by atoms with Crippen LogP contribution in [-0.2, 0) is 29.0 Å². The van der Waals surface area contributed by atoms with Crippen molar-refractivity contribution in [2.75, 3.05) is 13.1 Å². The molecule has 3 heterocycles. The van der Waals surface area contributed by atoms with Gasteiger partial charge in [-0.15, -0.1) is 11.3 Å². The van der Waals surface area contributed by atoms with Crippen molar-refractivity contribution < 1.29 is 14.1 Å². The van der Waals surface area contributed by atoms with Gasteiger partial charge in [-0.3, -0.25) is 9.59 Å². The fourth-order valence-corrected chi connectivity index (χ4v) is 4.05. The second kappa shape index (κ2) is 8.01. The molecule has 0 unspecified atom stereocenters. The van der Waals surface area contributed by atoms with Gasteiger partial charge in [0, 0.05) is 42.9 Å². The van der Waals surface area contributed by atoms with Crippen LogP contribution in [0.3, 0.4) is 0 Å². The number of nitrogens with zero attached hydrogens (tertiary/aromatic N) is 2. The third kappa shape index (κ3) is 4.41. The summed E-state index contributed by atoms with van der Waals surface area (Å²) in [6.07, 6.45) is 2.00. The average Bonchev–Trinajstić information content (AvgIpc) is 3.19. The van der Waals surface area contributed by atoms with E-state index in [0.717, 1.165) is 18.5 Å². The lowest BCUT2D eigenvalue weighted by atomic mass is 10.1. The molecule has 2 amide bonds. The van der Waals surface area contributed by atoms with Crippen LogP contribution >= 0.6 is 22.9 Å². The fraction of sp³-hybridized carbons (Fsp3) is 0.471. The molecule has 0 fully saturated rings. The summed E-state index contributed by atoms with van der Waals surface area (Å²) in [5, 5.41) is 8.85. The molecule has 0 aromatic carbocycles. The number of aryl methyl sites for hydroxylation is 1. The smallest absolute Gasteiger partial charge is 0.229 e. The first kappa shape index (κ1) is 17.9. The number of hydrogen-bond donors (Lipinski definition) is 1. The van der Waals surface area contributed by atoms with E-state index >= 15 is 0 Å². The van der Waals surface area contributed by atoms with Crippen molar-refractivity contribution in [3.8, 4) is 0 Å². The summed E-state index contributed by atoms with van der Waals surface area (Å²) in [5.74, 6) is -0.0293. The lowest BCUT2D eigenvalue weighted by Crippen LogP contribution is -2.37. The minimum Gasteiger partial charge on any atom is -0.356 e. The molecule has 6 nitrogen and oxygen atoms in total. The molecule has 2 aromatic rings. The minimum atomic E-state index is -0.108. The first-order chi connectivity index (χ1) is 12.0. The molecule has 2 aromatic heterocycles. The molecule has 1 N–H and O–H groups in total. The van der Waals surface area contributed by atoms with Gasteiger partial charge in [0.1, 0.15) is 0 Å². The van der Waals surface area contributed by atoms with E-state index in [1.54, 1.807) is 18.3 Å². The molecule has 8 heteroatoms. The van der Waals surface area contributed by atoms with Gasteiger partial charge in [0.2, 0.25) is 17.0 Å². The number of thiophene rings is 1. The molecule has 3 rings (SSSR count). The van der Waals surface area contributed by atoms with Gasteiger partial charge >= 0.3 is 0 Å². The quantitative estimate of drug-likeness (QED) is 0.834. The van der Waals surface area contributed by atoms with E-state index in [0.29, 0.717) is 31.6 Å². The monoisotopic (exact) mass is 381 g/mol. The Kier molecular flexibility index (Phi) is 5.75. The summed E-state index contributed by atoms with van der Waals surface area (Å²) in [7, 11) is 0. The Balaban J connectivity index is 1.38. The Morgan fingerprint density at radius 1 is 1.44 bits per heavy atom. The van der Waals surface area contributed by atoms with Crippen LogP contribution in [0.25, 0.3) is 0 Å². The number of fused-ring (bicyclic) bond motifs is 1. The molecule has 0 atom stereocenters. The predicted octanol–water partition coefficient (Wildman–Crippen LogP) is 2.72. The Morgan fingerprint density at radius 2 is 2.28 bits per heavy atom. The van der Waals surface area contributed by atoms with Crippen molar-refractivity contribution in [3.05, 3.63) is 38.4 Å². The molecule has 25 heavy (non-hydrogen) atoms. The summed E-state index contributed by atoms with van der Waals surface area (Å²) in [6.45, 7) is 3.57. The lowest BCUT2D eigenvalue weighted by molar-refractivity contribution is -0.132. The van der Waals surface area contributed by atoms with E-state index in [1.807, 2.05) is 4.90 Å². The Morgan fingerprint density at radius 3 is 3.04 bits per heavy atom. The third-order valence-corrected chi connectivity index (χ3v) is 5.68. The predicted molar refractivity (Wildman–Crippen MR) is 95.6 cm³/mol. The molecule has 0 saturated carbocycles. The number of carbonyl (C=O) groups excluding carboxylic acids is 2. The van der Waals surface area contributed by atoms with Crippen LogP contribution in [0.4, 0.5) is 0 Å². The minimum absolute atomic E-state index is 0.0788. The number of carbonyl (C=O) groups is 2. The van der Waals surface area contributed by atoms with Gasteiger partial charge in [-0.2, -0.15) is 0 Å². The topological polar surface area (TPSA) is 75.4 Å². The number of rotatable bonds is 6. The van der Waals surface area contributed by atoms with Crippen molar-refractivity contribution >= 4 is 34.8 Å². The van der Waals surface area contributed by atoms with E-state index in [9.17, 15) is 9.59 Å². The number of amides is 2. The van der Waals surface area contributed by atoms with E-state index in [-0.39, 0.29) is 23.5 Å². The van der Waals surface area contributed by atoms with Gasteiger partial charge in [-0.1, -0.05) is 5.16 Å². The molecular weight excluding hydrogens is 362 g/mol. The Hall–Kier alpha value is -1.86. The highest BCUT2D eigenvalue weighted by molar-refractivity contribution is 7.10. The highest BCUT2D eigenvalue weighted by Gasteiger charge is 2.21. The summed E-state index contributed by atoms with van der Waals surface area (Å²) < 4.78 is 4.86. The van der Waals surface area contributed by atoms with Crippen LogP contribution in [0.5, 0.6) is 0 Å². The summed E-state index contributed by atoms with van der Waals surface area (Å²) in [4.78, 5) is 27.4. The van der Waals surface area contributed by atoms with Gasteiger partial charge in [-0.25, -0.2) is 0 Å². The van der Waals surface area contributed by atoms with Crippen LogP contribution in [0.2, 0.25) is 5.22 Å². The second-order valence-corrected chi connectivity index (χ2v) is 7.40. The number of hydrogen-bond acceptors (Lipinski definition) is 5. The third-order valence-electron chi connectivity index (χ3n) is 4.36. The Labute approximate surface area is 155 Å². The highest BCUT2D eigenvalue weighted by atomic mass is 35.5. The van der Waals surface area contributed by atoms with Crippen LogP contribution in [0.1, 0.15) is 34.5 Å². The number of aromatic nitrogens is 1. The van der Waals surface area contributed by atoms with E-state index < -0.39 is 0 Å². The van der Waals surface area contributed by atoms with E-state index in [4.69, 9.17) is 16.1 Å². The lowest BCUT2D eigenvalue weighted by Gasteiger charge is -2.27.